The van der Waals surface area contributed by atoms with Crippen molar-refractivity contribution in [2.45, 2.75) is 19.6 Å². The maximum atomic E-state index is 11.8. The molecule has 2 rings (SSSR count). The van der Waals surface area contributed by atoms with E-state index in [0.29, 0.717) is 18.1 Å². The number of rotatable bonds is 6. The SMILES string of the molecule is CNCc1cn(CC(=O)NCc2ccccc2Cl)nn1. The number of nitrogens with one attached hydrogen (secondary N) is 2. The number of halogens is 1. The van der Waals surface area contributed by atoms with Crippen LogP contribution < -0.4 is 10.6 Å². The molecule has 1 amide bonds. The minimum Gasteiger partial charge on any atom is -0.350 e. The second-order valence-electron chi connectivity index (χ2n) is 4.31. The molecule has 0 atom stereocenters. The van der Waals surface area contributed by atoms with Crippen molar-refractivity contribution >= 4 is 17.5 Å². The number of hydrogen-bond acceptors (Lipinski definition) is 4. The Hall–Kier alpha value is -1.92. The van der Waals surface area contributed by atoms with E-state index in [0.717, 1.165) is 11.3 Å². The van der Waals surface area contributed by atoms with Crippen LogP contribution in [0.3, 0.4) is 0 Å². The van der Waals surface area contributed by atoms with Crippen LogP contribution in [0.1, 0.15) is 11.3 Å². The van der Waals surface area contributed by atoms with E-state index in [1.54, 1.807) is 12.3 Å². The molecule has 0 radical (unpaired) electrons. The van der Waals surface area contributed by atoms with Gasteiger partial charge in [0.1, 0.15) is 6.54 Å². The van der Waals surface area contributed by atoms with Crippen LogP contribution in [0.4, 0.5) is 0 Å². The Balaban J connectivity index is 1.84. The van der Waals surface area contributed by atoms with Crippen molar-refractivity contribution in [1.29, 1.82) is 0 Å². The van der Waals surface area contributed by atoms with E-state index < -0.39 is 0 Å². The zero-order chi connectivity index (χ0) is 14.4. The van der Waals surface area contributed by atoms with Crippen LogP contribution in [0, 0.1) is 0 Å². The van der Waals surface area contributed by atoms with E-state index in [9.17, 15) is 4.79 Å². The molecule has 20 heavy (non-hydrogen) atoms. The minimum atomic E-state index is -0.133. The monoisotopic (exact) mass is 293 g/mol. The first kappa shape index (κ1) is 14.5. The highest BCUT2D eigenvalue weighted by molar-refractivity contribution is 6.31. The van der Waals surface area contributed by atoms with E-state index in [1.807, 2.05) is 25.2 Å². The molecule has 0 bridgehead atoms. The van der Waals surface area contributed by atoms with Gasteiger partial charge in [-0.05, 0) is 18.7 Å². The quantitative estimate of drug-likeness (QED) is 0.832. The third-order valence-corrected chi connectivity index (χ3v) is 3.05. The third-order valence-electron chi connectivity index (χ3n) is 2.68. The van der Waals surface area contributed by atoms with Gasteiger partial charge in [-0.25, -0.2) is 4.68 Å². The van der Waals surface area contributed by atoms with Gasteiger partial charge in [-0.15, -0.1) is 5.10 Å². The van der Waals surface area contributed by atoms with Gasteiger partial charge in [-0.1, -0.05) is 35.0 Å². The molecule has 7 heteroatoms. The average molecular weight is 294 g/mol. The first-order valence-electron chi connectivity index (χ1n) is 6.22. The van der Waals surface area contributed by atoms with Gasteiger partial charge in [0.2, 0.25) is 5.91 Å². The Kier molecular flexibility index (Phi) is 5.09. The van der Waals surface area contributed by atoms with Crippen LogP contribution in [0.2, 0.25) is 5.02 Å². The Bertz CT molecular complexity index is 584. The fourth-order valence-corrected chi connectivity index (χ4v) is 1.92. The zero-order valence-corrected chi connectivity index (χ0v) is 11.9. The highest BCUT2D eigenvalue weighted by Crippen LogP contribution is 2.14. The molecule has 1 aromatic heterocycles. The van der Waals surface area contributed by atoms with Gasteiger partial charge in [0.15, 0.2) is 0 Å². The summed E-state index contributed by atoms with van der Waals surface area (Å²) in [6.45, 7) is 1.17. The maximum Gasteiger partial charge on any atom is 0.242 e. The predicted molar refractivity (Wildman–Crippen MR) is 76.1 cm³/mol. The fraction of sp³-hybridized carbons (Fsp3) is 0.308. The largest absolute Gasteiger partial charge is 0.350 e. The number of nitrogens with zero attached hydrogens (tertiary/aromatic N) is 3. The van der Waals surface area contributed by atoms with Crippen molar-refractivity contribution in [2.24, 2.45) is 0 Å². The molecule has 0 saturated heterocycles. The van der Waals surface area contributed by atoms with Gasteiger partial charge < -0.3 is 10.6 Å². The number of carbonyl (C=O) groups excluding carboxylic acids is 1. The Morgan fingerprint density at radius 2 is 2.15 bits per heavy atom. The summed E-state index contributed by atoms with van der Waals surface area (Å²) in [5.74, 6) is -0.133. The Morgan fingerprint density at radius 1 is 1.35 bits per heavy atom. The van der Waals surface area contributed by atoms with Crippen molar-refractivity contribution < 1.29 is 4.79 Å². The summed E-state index contributed by atoms with van der Waals surface area (Å²) in [6, 6.07) is 7.41. The number of carbonyl (C=O) groups is 1. The number of benzene rings is 1. The Labute approximate surface area is 122 Å². The summed E-state index contributed by atoms with van der Waals surface area (Å²) in [4.78, 5) is 11.8. The summed E-state index contributed by atoms with van der Waals surface area (Å²) in [7, 11) is 1.83. The molecular weight excluding hydrogens is 278 g/mol. The molecule has 1 aromatic carbocycles. The first-order chi connectivity index (χ1) is 9.69. The van der Waals surface area contributed by atoms with Crippen LogP contribution in [0.5, 0.6) is 0 Å². The second kappa shape index (κ2) is 7.02. The summed E-state index contributed by atoms with van der Waals surface area (Å²) < 4.78 is 1.51. The highest BCUT2D eigenvalue weighted by Gasteiger charge is 2.06. The van der Waals surface area contributed by atoms with Crippen molar-refractivity contribution in [3.05, 3.63) is 46.7 Å². The van der Waals surface area contributed by atoms with Crippen LogP contribution in [-0.2, 0) is 24.4 Å². The van der Waals surface area contributed by atoms with Gasteiger partial charge in [-0.3, -0.25) is 4.79 Å². The van der Waals surface area contributed by atoms with E-state index in [2.05, 4.69) is 20.9 Å². The molecule has 1 heterocycles. The maximum absolute atomic E-state index is 11.8. The van der Waals surface area contributed by atoms with E-state index in [1.165, 1.54) is 4.68 Å². The first-order valence-corrected chi connectivity index (χ1v) is 6.60. The summed E-state index contributed by atoms with van der Waals surface area (Å²) >= 11 is 6.02. The van der Waals surface area contributed by atoms with Crippen molar-refractivity contribution in [2.75, 3.05) is 7.05 Å². The van der Waals surface area contributed by atoms with E-state index >= 15 is 0 Å². The van der Waals surface area contributed by atoms with Gasteiger partial charge in [-0.2, -0.15) is 0 Å². The lowest BCUT2D eigenvalue weighted by atomic mass is 10.2. The average Bonchev–Trinajstić information content (AvgIpc) is 2.85. The number of hydrogen-bond donors (Lipinski definition) is 2. The smallest absolute Gasteiger partial charge is 0.242 e. The molecule has 2 aromatic rings. The molecule has 6 nitrogen and oxygen atoms in total. The molecule has 0 aliphatic rings. The molecule has 0 aliphatic carbocycles. The summed E-state index contributed by atoms with van der Waals surface area (Å²) in [5, 5.41) is 14.2. The highest BCUT2D eigenvalue weighted by atomic mass is 35.5. The zero-order valence-electron chi connectivity index (χ0n) is 11.1. The molecule has 0 aliphatic heterocycles. The summed E-state index contributed by atoms with van der Waals surface area (Å²) in [5.41, 5.74) is 1.68. The molecule has 0 fully saturated rings. The van der Waals surface area contributed by atoms with Gasteiger partial charge in [0.05, 0.1) is 11.9 Å². The predicted octanol–water partition coefficient (Wildman–Crippen LogP) is 0.967. The molecule has 2 N–H and O–H groups in total. The second-order valence-corrected chi connectivity index (χ2v) is 4.71. The van der Waals surface area contributed by atoms with Crippen molar-refractivity contribution in [3.8, 4) is 0 Å². The van der Waals surface area contributed by atoms with Crippen molar-refractivity contribution in [1.82, 2.24) is 25.6 Å². The van der Waals surface area contributed by atoms with Gasteiger partial charge >= 0.3 is 0 Å². The third kappa shape index (κ3) is 4.04. The fourth-order valence-electron chi connectivity index (χ4n) is 1.72. The Morgan fingerprint density at radius 3 is 2.90 bits per heavy atom. The van der Waals surface area contributed by atoms with Crippen LogP contribution in [-0.4, -0.2) is 27.9 Å². The molecular formula is C13H16ClN5O. The lowest BCUT2D eigenvalue weighted by molar-refractivity contribution is -0.122. The van der Waals surface area contributed by atoms with Crippen LogP contribution >= 0.6 is 11.6 Å². The summed E-state index contributed by atoms with van der Waals surface area (Å²) in [6.07, 6.45) is 1.74. The van der Waals surface area contributed by atoms with Crippen LogP contribution in [0.15, 0.2) is 30.5 Å². The lowest BCUT2D eigenvalue weighted by Gasteiger charge is -2.06. The molecule has 106 valence electrons. The number of amides is 1. The minimum absolute atomic E-state index is 0.133. The van der Waals surface area contributed by atoms with Crippen molar-refractivity contribution in [3.63, 3.8) is 0 Å². The van der Waals surface area contributed by atoms with Crippen LogP contribution in [0.25, 0.3) is 0 Å². The normalized spacial score (nSPS) is 10.5. The van der Waals surface area contributed by atoms with Gasteiger partial charge in [0, 0.05) is 18.1 Å². The topological polar surface area (TPSA) is 71.8 Å². The molecule has 0 unspecified atom stereocenters. The van der Waals surface area contributed by atoms with Gasteiger partial charge in [0.25, 0.3) is 0 Å². The lowest BCUT2D eigenvalue weighted by Crippen LogP contribution is -2.27. The molecule has 0 saturated carbocycles. The molecule has 0 spiro atoms. The number of aromatic nitrogens is 3. The standard InChI is InChI=1S/C13H16ClN5O/c1-15-7-11-8-19(18-17-11)9-13(20)16-6-10-4-2-3-5-12(10)14/h2-5,8,15H,6-7,9H2,1H3,(H,16,20). The van der Waals surface area contributed by atoms with E-state index in [-0.39, 0.29) is 12.5 Å². The van der Waals surface area contributed by atoms with E-state index in [4.69, 9.17) is 11.6 Å².